The van der Waals surface area contributed by atoms with Gasteiger partial charge in [0.1, 0.15) is 0 Å². The second-order valence-electron chi connectivity index (χ2n) is 4.66. The van der Waals surface area contributed by atoms with Gasteiger partial charge in [0.25, 0.3) is 0 Å². The minimum absolute atomic E-state index is 0. The van der Waals surface area contributed by atoms with Crippen molar-refractivity contribution in [3.8, 4) is 0 Å². The van der Waals surface area contributed by atoms with E-state index >= 15 is 0 Å². The topological polar surface area (TPSA) is 36.5 Å². The van der Waals surface area contributed by atoms with E-state index < -0.39 is 0 Å². The Morgan fingerprint density at radius 1 is 0.905 bits per heavy atom. The van der Waals surface area contributed by atoms with Crippen molar-refractivity contribution in [1.29, 1.82) is 0 Å². The quantitative estimate of drug-likeness (QED) is 0.221. The lowest BCUT2D eigenvalue weighted by Gasteiger charge is -2.04. The van der Waals surface area contributed by atoms with Crippen LogP contribution < -0.4 is 28.5 Å². The third-order valence-corrected chi connectivity index (χ3v) is 3.31. The molecule has 0 fully saturated rings. The molecule has 106 valence electrons. The minimum Gasteiger partial charge on any atom is -1.00 e. The van der Waals surface area contributed by atoms with E-state index in [0.717, 1.165) is 10.9 Å². The Bertz CT molecular complexity index is 757. The van der Waals surface area contributed by atoms with Crippen LogP contribution in [0.1, 0.15) is 5.56 Å². The molecular weight excluding hydrogens is 375 g/mol. The van der Waals surface area contributed by atoms with Crippen molar-refractivity contribution in [1.82, 2.24) is 0 Å². The molecule has 0 aliphatic heterocycles. The van der Waals surface area contributed by atoms with Gasteiger partial charge in [-0.2, -0.15) is 4.57 Å². The second-order valence-corrected chi connectivity index (χ2v) is 4.66. The highest BCUT2D eigenvalue weighted by atomic mass is 127. The largest absolute Gasteiger partial charge is 1.00 e. The van der Waals surface area contributed by atoms with E-state index in [1.54, 1.807) is 0 Å². The molecule has 0 bridgehead atoms. The maximum absolute atomic E-state index is 9.29. The average molecular weight is 390 g/mol. The fourth-order valence-corrected chi connectivity index (χ4v) is 2.26. The van der Waals surface area contributed by atoms with E-state index in [1.807, 2.05) is 65.5 Å². The Labute approximate surface area is 140 Å². The van der Waals surface area contributed by atoms with Gasteiger partial charge in [-0.25, -0.2) is 0 Å². The van der Waals surface area contributed by atoms with Gasteiger partial charge in [-0.3, -0.25) is 0 Å². The van der Waals surface area contributed by atoms with Crippen LogP contribution in [0.25, 0.3) is 10.8 Å². The first kappa shape index (κ1) is 15.4. The standard InChI is InChI=1S/C17H14N2O.HI/c20-18-17(13-19-10-4-1-5-11-19)16-9-8-14-6-2-3-7-15(14)12-16;/h1-12H,13H2;1H/b18-17-;. The summed E-state index contributed by atoms with van der Waals surface area (Å²) >= 11 is 0. The zero-order valence-corrected chi connectivity index (χ0v) is 13.5. The van der Waals surface area contributed by atoms with Crippen LogP contribution in [-0.2, 0) is 6.54 Å². The molecule has 0 unspecified atom stereocenters. The predicted molar refractivity (Wildman–Crippen MR) is 78.9 cm³/mol. The first-order valence-electron chi connectivity index (χ1n) is 6.51. The number of nitrogens with zero attached hydrogens (tertiary/aromatic N) is 2. The maximum Gasteiger partial charge on any atom is 0.194 e. The number of rotatable bonds is 3. The third-order valence-electron chi connectivity index (χ3n) is 3.31. The highest BCUT2D eigenvalue weighted by Gasteiger charge is 2.10. The van der Waals surface area contributed by atoms with Crippen molar-refractivity contribution >= 4 is 16.5 Å². The van der Waals surface area contributed by atoms with E-state index in [-0.39, 0.29) is 24.0 Å². The molecule has 0 atom stereocenters. The number of benzene rings is 2. The van der Waals surface area contributed by atoms with Crippen molar-refractivity contribution < 1.29 is 33.8 Å². The molecule has 2 aromatic carbocycles. The highest BCUT2D eigenvalue weighted by molar-refractivity contribution is 6.02. The molecule has 1 heterocycles. The van der Waals surface area contributed by atoms with Gasteiger partial charge < -0.3 is 29.2 Å². The molecule has 3 aromatic rings. The molecule has 3 rings (SSSR count). The molecule has 0 radical (unpaired) electrons. The Morgan fingerprint density at radius 2 is 1.62 bits per heavy atom. The van der Waals surface area contributed by atoms with Gasteiger partial charge >= 0.3 is 0 Å². The summed E-state index contributed by atoms with van der Waals surface area (Å²) in [6.07, 6.45) is 3.90. The number of hydrogen-bond donors (Lipinski definition) is 1. The average Bonchev–Trinajstić information content (AvgIpc) is 2.53. The molecule has 1 N–H and O–H groups in total. The summed E-state index contributed by atoms with van der Waals surface area (Å²) in [4.78, 5) is 0. The van der Waals surface area contributed by atoms with Gasteiger partial charge in [-0.1, -0.05) is 47.6 Å². The SMILES string of the molecule is O/N=C(/C[n+]1ccccc1)c1ccc2ccccc2c1.[I-]. The Kier molecular flexibility index (Phi) is 5.27. The number of halogens is 1. The van der Waals surface area contributed by atoms with E-state index in [9.17, 15) is 5.21 Å². The predicted octanol–water partition coefficient (Wildman–Crippen LogP) is 0.00980. The molecular formula is C17H15IN2O. The van der Waals surface area contributed by atoms with Gasteiger partial charge in [0.15, 0.2) is 24.7 Å². The van der Waals surface area contributed by atoms with Gasteiger partial charge in [0.05, 0.1) is 0 Å². The molecule has 0 aliphatic rings. The maximum atomic E-state index is 9.29. The van der Waals surface area contributed by atoms with Crippen LogP contribution >= 0.6 is 0 Å². The van der Waals surface area contributed by atoms with Crippen molar-refractivity contribution in [2.24, 2.45) is 5.16 Å². The van der Waals surface area contributed by atoms with Crippen LogP contribution in [0.15, 0.2) is 78.2 Å². The molecule has 0 amide bonds. The first-order valence-corrected chi connectivity index (χ1v) is 6.51. The number of aromatic nitrogens is 1. The first-order chi connectivity index (χ1) is 9.86. The van der Waals surface area contributed by atoms with Crippen LogP contribution in [0.4, 0.5) is 0 Å². The van der Waals surface area contributed by atoms with Crippen LogP contribution in [0.5, 0.6) is 0 Å². The molecule has 21 heavy (non-hydrogen) atoms. The number of oxime groups is 1. The lowest BCUT2D eigenvalue weighted by atomic mass is 10.0. The van der Waals surface area contributed by atoms with Gasteiger partial charge in [0, 0.05) is 17.7 Å². The molecule has 0 saturated heterocycles. The summed E-state index contributed by atoms with van der Waals surface area (Å²) in [6, 6.07) is 20.1. The van der Waals surface area contributed by atoms with Gasteiger partial charge in [-0.15, -0.1) is 0 Å². The zero-order chi connectivity index (χ0) is 13.8. The van der Waals surface area contributed by atoms with E-state index in [2.05, 4.69) is 17.3 Å². The van der Waals surface area contributed by atoms with E-state index in [0.29, 0.717) is 12.3 Å². The lowest BCUT2D eigenvalue weighted by molar-refractivity contribution is -0.681. The molecule has 0 saturated carbocycles. The van der Waals surface area contributed by atoms with Crippen molar-refractivity contribution in [2.75, 3.05) is 0 Å². The number of hydrogen-bond acceptors (Lipinski definition) is 2. The molecule has 1 aromatic heterocycles. The van der Waals surface area contributed by atoms with E-state index in [4.69, 9.17) is 0 Å². The fraction of sp³-hybridized carbons (Fsp3) is 0.0588. The normalized spacial score (nSPS) is 11.1. The van der Waals surface area contributed by atoms with Gasteiger partial charge in [-0.05, 0) is 16.8 Å². The summed E-state index contributed by atoms with van der Waals surface area (Å²) in [5, 5.41) is 15.1. The van der Waals surface area contributed by atoms with Crippen LogP contribution in [0.2, 0.25) is 0 Å². The van der Waals surface area contributed by atoms with E-state index in [1.165, 1.54) is 5.39 Å². The Morgan fingerprint density at radius 3 is 2.33 bits per heavy atom. The summed E-state index contributed by atoms with van der Waals surface area (Å²) in [7, 11) is 0. The summed E-state index contributed by atoms with van der Waals surface area (Å²) in [5.41, 5.74) is 1.58. The number of fused-ring (bicyclic) bond motifs is 1. The lowest BCUT2D eigenvalue weighted by Crippen LogP contribution is -3.00. The summed E-state index contributed by atoms with van der Waals surface area (Å²) in [6.45, 7) is 0.537. The fourth-order valence-electron chi connectivity index (χ4n) is 2.26. The van der Waals surface area contributed by atoms with Crippen molar-refractivity contribution in [3.05, 3.63) is 78.6 Å². The Balaban J connectivity index is 0.00000161. The summed E-state index contributed by atoms with van der Waals surface area (Å²) in [5.74, 6) is 0. The van der Waals surface area contributed by atoms with Crippen molar-refractivity contribution in [2.45, 2.75) is 6.54 Å². The molecule has 4 heteroatoms. The third kappa shape index (κ3) is 3.58. The van der Waals surface area contributed by atoms with Crippen LogP contribution in [0, 0.1) is 0 Å². The number of pyridine rings is 1. The molecule has 0 spiro atoms. The monoisotopic (exact) mass is 390 g/mol. The van der Waals surface area contributed by atoms with Gasteiger partial charge in [0.2, 0.25) is 0 Å². The molecule has 0 aliphatic carbocycles. The van der Waals surface area contributed by atoms with Crippen molar-refractivity contribution in [3.63, 3.8) is 0 Å². The second kappa shape index (κ2) is 7.17. The summed E-state index contributed by atoms with van der Waals surface area (Å²) < 4.78 is 1.98. The minimum atomic E-state index is 0. The van der Waals surface area contributed by atoms with Crippen LogP contribution in [-0.4, -0.2) is 10.9 Å². The smallest absolute Gasteiger partial charge is 0.194 e. The zero-order valence-electron chi connectivity index (χ0n) is 11.4. The van der Waals surface area contributed by atoms with Crippen LogP contribution in [0.3, 0.4) is 0 Å². The molecule has 3 nitrogen and oxygen atoms in total. The Hall–Kier alpha value is -1.95. The highest BCUT2D eigenvalue weighted by Crippen LogP contribution is 2.16.